The van der Waals surface area contributed by atoms with E-state index in [9.17, 15) is 18.0 Å². The van der Waals surface area contributed by atoms with E-state index in [-0.39, 0.29) is 16.0 Å². The zero-order valence-corrected chi connectivity index (χ0v) is 17.0. The first-order valence-corrected chi connectivity index (χ1v) is 10.2. The van der Waals surface area contributed by atoms with Crippen LogP contribution in [0, 0.1) is 13.8 Å². The highest BCUT2D eigenvalue weighted by molar-refractivity contribution is 7.86. The highest BCUT2D eigenvalue weighted by atomic mass is 32.2. The summed E-state index contributed by atoms with van der Waals surface area (Å²) in [4.78, 5) is 23.9. The molecule has 3 rings (SSSR count). The van der Waals surface area contributed by atoms with E-state index in [0.717, 1.165) is 11.1 Å². The molecule has 1 heterocycles. The first-order chi connectivity index (χ1) is 13.1. The van der Waals surface area contributed by atoms with Gasteiger partial charge in [-0.2, -0.15) is 8.42 Å². The third kappa shape index (κ3) is 3.76. The average molecular weight is 399 g/mol. The van der Waals surface area contributed by atoms with Crippen LogP contribution in [0.2, 0.25) is 0 Å². The van der Waals surface area contributed by atoms with Crippen LogP contribution in [0.5, 0.6) is 0 Å². The first-order valence-electron chi connectivity index (χ1n) is 8.76. The highest BCUT2D eigenvalue weighted by Gasteiger charge is 2.38. The second-order valence-corrected chi connectivity index (χ2v) is 8.46. The summed E-state index contributed by atoms with van der Waals surface area (Å²) in [7, 11) is -4.30. The molecule has 2 amide bonds. The minimum Gasteiger partial charge on any atom is -0.267 e. The number of hydroxylamine groups is 2. The van der Waals surface area contributed by atoms with Crippen molar-refractivity contribution in [2.75, 3.05) is 0 Å². The monoisotopic (exact) mass is 399 g/mol. The summed E-state index contributed by atoms with van der Waals surface area (Å²) in [5.74, 6) is -1.53. The summed E-state index contributed by atoms with van der Waals surface area (Å²) >= 11 is 0. The van der Waals surface area contributed by atoms with Crippen molar-refractivity contribution in [2.24, 2.45) is 0 Å². The van der Waals surface area contributed by atoms with Crippen LogP contribution in [-0.4, -0.2) is 25.3 Å². The van der Waals surface area contributed by atoms with Crippen molar-refractivity contribution < 1.29 is 22.3 Å². The normalized spacial score (nSPS) is 14.9. The van der Waals surface area contributed by atoms with Gasteiger partial charge in [0.25, 0.3) is 11.8 Å². The quantitative estimate of drug-likeness (QED) is 0.721. The molecular weight excluding hydrogens is 378 g/mol. The summed E-state index contributed by atoms with van der Waals surface area (Å²) < 4.78 is 29.7. The average Bonchev–Trinajstić information content (AvgIpc) is 2.82. The number of amides is 2. The molecule has 0 atom stereocenters. The molecule has 0 saturated carbocycles. The van der Waals surface area contributed by atoms with Crippen LogP contribution in [0.15, 0.2) is 58.5 Å². The zero-order valence-electron chi connectivity index (χ0n) is 16.1. The Morgan fingerprint density at radius 3 is 1.96 bits per heavy atom. The number of hydrogen-bond acceptors (Lipinski definition) is 5. The summed E-state index contributed by atoms with van der Waals surface area (Å²) in [6, 6.07) is 12.4. The van der Waals surface area contributed by atoms with Crippen molar-refractivity contribution in [3.63, 3.8) is 0 Å². The van der Waals surface area contributed by atoms with Gasteiger partial charge in [0.15, 0.2) is 0 Å². The molecule has 0 N–H and O–H groups in total. The summed E-state index contributed by atoms with van der Waals surface area (Å²) in [5, 5.41) is 0.295. The second kappa shape index (κ2) is 7.33. The highest BCUT2D eigenvalue weighted by Crippen LogP contribution is 2.24. The van der Waals surface area contributed by atoms with E-state index in [2.05, 4.69) is 12.1 Å². The fraction of sp³-hybridized carbons (Fsp3) is 0.238. The lowest BCUT2D eigenvalue weighted by molar-refractivity contribution is -0.162. The van der Waals surface area contributed by atoms with E-state index in [0.29, 0.717) is 11.5 Å². The molecule has 146 valence electrons. The van der Waals surface area contributed by atoms with Crippen LogP contribution in [0.1, 0.15) is 36.1 Å². The Morgan fingerprint density at radius 2 is 1.43 bits per heavy atom. The Kier molecular flexibility index (Phi) is 5.23. The van der Waals surface area contributed by atoms with Crippen LogP contribution in [-0.2, 0) is 30.4 Å². The molecule has 1 aliphatic rings. The number of carbonyl (C=O) groups excluding carboxylic acids is 2. The van der Waals surface area contributed by atoms with E-state index >= 15 is 0 Å². The van der Waals surface area contributed by atoms with Crippen molar-refractivity contribution >= 4 is 21.9 Å². The van der Waals surface area contributed by atoms with Gasteiger partial charge in [0.1, 0.15) is 0 Å². The Labute approximate surface area is 164 Å². The molecule has 2 aromatic carbocycles. The maximum atomic E-state index is 12.5. The summed E-state index contributed by atoms with van der Waals surface area (Å²) in [6.45, 7) is 6.97. The van der Waals surface area contributed by atoms with Crippen molar-refractivity contribution in [1.29, 1.82) is 0 Å². The number of rotatable bonds is 5. The molecule has 0 fully saturated rings. The van der Waals surface area contributed by atoms with Crippen molar-refractivity contribution in [3.05, 3.63) is 75.9 Å². The van der Waals surface area contributed by atoms with E-state index in [4.69, 9.17) is 4.28 Å². The van der Waals surface area contributed by atoms with Crippen molar-refractivity contribution in [2.45, 2.75) is 39.0 Å². The standard InChI is InChI=1S/C21H21NO5S/c1-13-5-8-18(14(2)11-13)12-17-6-9-19(10-7-17)28(25,26)27-22-20(23)15(3)16(4)21(22)24/h5-11H,12H2,1-4H3. The minimum absolute atomic E-state index is 0.125. The van der Waals surface area contributed by atoms with Gasteiger partial charge >= 0.3 is 10.1 Å². The van der Waals surface area contributed by atoms with Crippen LogP contribution in [0.25, 0.3) is 0 Å². The van der Waals surface area contributed by atoms with Crippen LogP contribution in [0.4, 0.5) is 0 Å². The van der Waals surface area contributed by atoms with Gasteiger partial charge in [-0.05, 0) is 62.9 Å². The fourth-order valence-corrected chi connectivity index (χ4v) is 3.85. The lowest BCUT2D eigenvalue weighted by Crippen LogP contribution is -2.34. The summed E-state index contributed by atoms with van der Waals surface area (Å²) in [5.41, 5.74) is 4.79. The molecule has 7 heteroatoms. The number of benzene rings is 2. The Balaban J connectivity index is 1.77. The number of carbonyl (C=O) groups is 2. The first kappa shape index (κ1) is 20.0. The van der Waals surface area contributed by atoms with Gasteiger partial charge in [-0.25, -0.2) is 0 Å². The van der Waals surface area contributed by atoms with Gasteiger partial charge in [-0.1, -0.05) is 35.9 Å². The molecule has 0 aromatic heterocycles. The Hall–Kier alpha value is -2.77. The lowest BCUT2D eigenvalue weighted by Gasteiger charge is -2.14. The van der Waals surface area contributed by atoms with Gasteiger partial charge in [-0.15, -0.1) is 9.35 Å². The molecule has 0 aliphatic carbocycles. The van der Waals surface area contributed by atoms with Gasteiger partial charge < -0.3 is 0 Å². The smallest absolute Gasteiger partial charge is 0.267 e. The van der Waals surface area contributed by atoms with E-state index in [1.54, 1.807) is 12.1 Å². The molecule has 28 heavy (non-hydrogen) atoms. The largest absolute Gasteiger partial charge is 0.318 e. The minimum atomic E-state index is -4.30. The van der Waals surface area contributed by atoms with Gasteiger partial charge in [-0.3, -0.25) is 9.59 Å². The van der Waals surface area contributed by atoms with Gasteiger partial charge in [0.2, 0.25) is 0 Å². The van der Waals surface area contributed by atoms with Crippen molar-refractivity contribution in [1.82, 2.24) is 5.06 Å². The molecule has 0 unspecified atom stereocenters. The Morgan fingerprint density at radius 1 is 0.857 bits per heavy atom. The lowest BCUT2D eigenvalue weighted by atomic mass is 9.99. The SMILES string of the molecule is CC1=C(C)C(=O)N(OS(=O)(=O)c2ccc(Cc3ccc(C)cc3C)cc2)C1=O. The topological polar surface area (TPSA) is 80.8 Å². The fourth-order valence-electron chi connectivity index (χ4n) is 2.96. The number of imide groups is 1. The van der Waals surface area contributed by atoms with Crippen LogP contribution in [0.3, 0.4) is 0 Å². The van der Waals surface area contributed by atoms with E-state index < -0.39 is 21.9 Å². The molecule has 0 radical (unpaired) electrons. The number of aryl methyl sites for hydroxylation is 2. The van der Waals surface area contributed by atoms with E-state index in [1.807, 2.05) is 19.9 Å². The molecule has 0 saturated heterocycles. The van der Waals surface area contributed by atoms with Crippen LogP contribution < -0.4 is 0 Å². The van der Waals surface area contributed by atoms with Gasteiger partial charge in [0, 0.05) is 11.1 Å². The molecule has 2 aromatic rings. The summed E-state index contributed by atoms with van der Waals surface area (Å²) in [6.07, 6.45) is 0.665. The van der Waals surface area contributed by atoms with Crippen LogP contribution >= 0.6 is 0 Å². The zero-order chi connectivity index (χ0) is 20.6. The third-order valence-electron chi connectivity index (χ3n) is 4.85. The molecule has 0 spiro atoms. The van der Waals surface area contributed by atoms with Crippen molar-refractivity contribution in [3.8, 4) is 0 Å². The third-order valence-corrected chi connectivity index (χ3v) is 6.05. The second-order valence-electron chi connectivity index (χ2n) is 6.93. The molecule has 0 bridgehead atoms. The predicted octanol–water partition coefficient (Wildman–Crippen LogP) is 3.22. The number of nitrogens with zero attached hydrogens (tertiary/aromatic N) is 1. The number of hydrogen-bond donors (Lipinski definition) is 0. The molecule has 6 nitrogen and oxygen atoms in total. The Bertz CT molecular complexity index is 1070. The molecular formula is C21H21NO5S. The molecule has 1 aliphatic heterocycles. The maximum Gasteiger partial charge on any atom is 0.318 e. The van der Waals surface area contributed by atoms with Gasteiger partial charge in [0.05, 0.1) is 4.90 Å². The maximum absolute atomic E-state index is 12.5. The van der Waals surface area contributed by atoms with E-state index in [1.165, 1.54) is 37.1 Å². The predicted molar refractivity (Wildman–Crippen MR) is 104 cm³/mol.